The average Bonchev–Trinajstić information content (AvgIpc) is 2.59. The van der Waals surface area contributed by atoms with Gasteiger partial charge in [-0.05, 0) is 33.2 Å². The Bertz CT molecular complexity index is 278. The number of nitrogens with one attached hydrogen (secondary N) is 1. The van der Waals surface area contributed by atoms with Crippen LogP contribution in [0.1, 0.15) is 36.8 Å². The molecule has 0 saturated heterocycles. The summed E-state index contributed by atoms with van der Waals surface area (Å²) < 4.78 is 10.5. The third-order valence-corrected chi connectivity index (χ3v) is 2.47. The molecule has 0 aliphatic rings. The van der Waals surface area contributed by atoms with Crippen molar-refractivity contribution in [2.75, 3.05) is 19.8 Å². The van der Waals surface area contributed by atoms with Crippen LogP contribution in [0.5, 0.6) is 0 Å². The van der Waals surface area contributed by atoms with Crippen LogP contribution < -0.4 is 5.32 Å². The number of aromatic nitrogens is 1. The maximum Gasteiger partial charge on any atom is 0.138 e. The summed E-state index contributed by atoms with van der Waals surface area (Å²) in [5.74, 6) is 0.909. The molecule has 1 rings (SSSR count). The van der Waals surface area contributed by atoms with Crippen LogP contribution in [0.25, 0.3) is 0 Å². The summed E-state index contributed by atoms with van der Waals surface area (Å²) in [4.78, 5) is 0. The van der Waals surface area contributed by atoms with Crippen LogP contribution in [0, 0.1) is 13.8 Å². The predicted molar refractivity (Wildman–Crippen MR) is 63.4 cm³/mol. The van der Waals surface area contributed by atoms with Crippen molar-refractivity contribution >= 4 is 0 Å². The summed E-state index contributed by atoms with van der Waals surface area (Å²) >= 11 is 0. The first kappa shape index (κ1) is 13.2. The molecule has 16 heavy (non-hydrogen) atoms. The molecule has 0 aliphatic heterocycles. The van der Waals surface area contributed by atoms with E-state index in [-0.39, 0.29) is 0 Å². The van der Waals surface area contributed by atoms with E-state index in [1.807, 2.05) is 13.8 Å². The van der Waals surface area contributed by atoms with Gasteiger partial charge in [-0.1, -0.05) is 12.1 Å². The molecular formula is C12H22N2O2. The molecule has 0 radical (unpaired) electrons. The SMILES string of the molecule is CCCOCCCNCc1c(C)noc1C. The lowest BCUT2D eigenvalue weighted by molar-refractivity contribution is 0.132. The van der Waals surface area contributed by atoms with Crippen LogP contribution in [0.4, 0.5) is 0 Å². The number of hydrogen-bond donors (Lipinski definition) is 1. The van der Waals surface area contributed by atoms with Crippen LogP contribution in [0.3, 0.4) is 0 Å². The number of ether oxygens (including phenoxy) is 1. The first-order valence-corrected chi connectivity index (χ1v) is 5.96. The second-order valence-corrected chi connectivity index (χ2v) is 3.95. The third kappa shape index (κ3) is 4.33. The maximum atomic E-state index is 5.40. The summed E-state index contributed by atoms with van der Waals surface area (Å²) in [6.45, 7) is 9.53. The van der Waals surface area contributed by atoms with Gasteiger partial charge in [0.2, 0.25) is 0 Å². The molecule has 0 spiro atoms. The molecule has 0 aliphatic carbocycles. The molecule has 1 aromatic rings. The minimum absolute atomic E-state index is 0.828. The lowest BCUT2D eigenvalue weighted by Gasteiger charge is -2.04. The van der Waals surface area contributed by atoms with Gasteiger partial charge in [-0.3, -0.25) is 0 Å². The van der Waals surface area contributed by atoms with E-state index < -0.39 is 0 Å². The van der Waals surface area contributed by atoms with E-state index in [4.69, 9.17) is 9.26 Å². The quantitative estimate of drug-likeness (QED) is 0.690. The zero-order valence-electron chi connectivity index (χ0n) is 10.5. The van der Waals surface area contributed by atoms with Crippen molar-refractivity contribution in [3.05, 3.63) is 17.0 Å². The molecule has 0 aromatic carbocycles. The molecule has 92 valence electrons. The van der Waals surface area contributed by atoms with Crippen molar-refractivity contribution < 1.29 is 9.26 Å². The standard InChI is InChI=1S/C12H22N2O2/c1-4-7-15-8-5-6-13-9-12-10(2)14-16-11(12)3/h13H,4-9H2,1-3H3. The van der Waals surface area contributed by atoms with E-state index in [2.05, 4.69) is 17.4 Å². The number of hydrogen-bond acceptors (Lipinski definition) is 4. The van der Waals surface area contributed by atoms with E-state index in [1.54, 1.807) is 0 Å². The first-order chi connectivity index (χ1) is 7.75. The molecule has 0 atom stereocenters. The Balaban J connectivity index is 2.07. The lowest BCUT2D eigenvalue weighted by Crippen LogP contribution is -2.17. The van der Waals surface area contributed by atoms with Gasteiger partial charge in [0.15, 0.2) is 0 Å². The monoisotopic (exact) mass is 226 g/mol. The summed E-state index contributed by atoms with van der Waals surface area (Å²) in [5.41, 5.74) is 2.15. The van der Waals surface area contributed by atoms with Crippen molar-refractivity contribution in [1.29, 1.82) is 0 Å². The van der Waals surface area contributed by atoms with Crippen LogP contribution in [0.15, 0.2) is 4.52 Å². The molecule has 4 heteroatoms. The van der Waals surface area contributed by atoms with Gasteiger partial charge in [-0.25, -0.2) is 0 Å². The van der Waals surface area contributed by atoms with Gasteiger partial charge in [0, 0.05) is 25.3 Å². The summed E-state index contributed by atoms with van der Waals surface area (Å²) in [6.07, 6.45) is 2.13. The van der Waals surface area contributed by atoms with Crippen LogP contribution >= 0.6 is 0 Å². The highest BCUT2D eigenvalue weighted by molar-refractivity contribution is 5.20. The van der Waals surface area contributed by atoms with E-state index in [1.165, 1.54) is 5.56 Å². The summed E-state index contributed by atoms with van der Waals surface area (Å²) in [7, 11) is 0. The van der Waals surface area contributed by atoms with E-state index in [0.29, 0.717) is 0 Å². The van der Waals surface area contributed by atoms with Crippen LogP contribution in [-0.4, -0.2) is 24.9 Å². The minimum atomic E-state index is 0.828. The van der Waals surface area contributed by atoms with Crippen molar-refractivity contribution in [2.24, 2.45) is 0 Å². The number of rotatable bonds is 8. The van der Waals surface area contributed by atoms with Crippen molar-refractivity contribution in [2.45, 2.75) is 40.2 Å². The molecule has 0 fully saturated rings. The Hall–Kier alpha value is -0.870. The van der Waals surface area contributed by atoms with Gasteiger partial charge < -0.3 is 14.6 Å². The van der Waals surface area contributed by atoms with Gasteiger partial charge in [-0.2, -0.15) is 0 Å². The Morgan fingerprint density at radius 2 is 2.12 bits per heavy atom. The fourth-order valence-electron chi connectivity index (χ4n) is 1.51. The topological polar surface area (TPSA) is 47.3 Å². The number of aryl methyl sites for hydroxylation is 2. The fourth-order valence-corrected chi connectivity index (χ4v) is 1.51. The molecule has 0 amide bonds. The molecule has 0 bridgehead atoms. The highest BCUT2D eigenvalue weighted by atomic mass is 16.5. The highest BCUT2D eigenvalue weighted by Gasteiger charge is 2.07. The largest absolute Gasteiger partial charge is 0.381 e. The molecule has 1 aromatic heterocycles. The summed E-state index contributed by atoms with van der Waals surface area (Å²) in [5, 5.41) is 7.28. The van der Waals surface area contributed by atoms with Crippen LogP contribution in [0.2, 0.25) is 0 Å². The van der Waals surface area contributed by atoms with Crippen molar-refractivity contribution in [3.63, 3.8) is 0 Å². The normalized spacial score (nSPS) is 10.9. The molecule has 0 saturated carbocycles. The Morgan fingerprint density at radius 3 is 2.75 bits per heavy atom. The van der Waals surface area contributed by atoms with Crippen molar-refractivity contribution in [3.8, 4) is 0 Å². The predicted octanol–water partition coefficient (Wildman–Crippen LogP) is 2.20. The Labute approximate surface area is 97.3 Å². The Morgan fingerprint density at radius 1 is 1.31 bits per heavy atom. The van der Waals surface area contributed by atoms with Crippen molar-refractivity contribution in [1.82, 2.24) is 10.5 Å². The van der Waals surface area contributed by atoms with Crippen LogP contribution in [-0.2, 0) is 11.3 Å². The van der Waals surface area contributed by atoms with E-state index in [0.717, 1.165) is 50.6 Å². The Kier molecular flexibility index (Phi) is 6.11. The second-order valence-electron chi connectivity index (χ2n) is 3.95. The van der Waals surface area contributed by atoms with E-state index >= 15 is 0 Å². The van der Waals surface area contributed by atoms with Gasteiger partial charge in [0.05, 0.1) is 5.69 Å². The third-order valence-electron chi connectivity index (χ3n) is 2.47. The minimum Gasteiger partial charge on any atom is -0.381 e. The zero-order valence-corrected chi connectivity index (χ0v) is 10.5. The molecule has 1 heterocycles. The average molecular weight is 226 g/mol. The molecule has 4 nitrogen and oxygen atoms in total. The van der Waals surface area contributed by atoms with Gasteiger partial charge in [-0.15, -0.1) is 0 Å². The maximum absolute atomic E-state index is 5.40. The number of nitrogens with zero attached hydrogens (tertiary/aromatic N) is 1. The highest BCUT2D eigenvalue weighted by Crippen LogP contribution is 2.11. The van der Waals surface area contributed by atoms with Gasteiger partial charge >= 0.3 is 0 Å². The fraction of sp³-hybridized carbons (Fsp3) is 0.750. The van der Waals surface area contributed by atoms with E-state index in [9.17, 15) is 0 Å². The summed E-state index contributed by atoms with van der Waals surface area (Å²) in [6, 6.07) is 0. The zero-order chi connectivity index (χ0) is 11.8. The smallest absolute Gasteiger partial charge is 0.138 e. The second kappa shape index (κ2) is 7.41. The molecule has 0 unspecified atom stereocenters. The lowest BCUT2D eigenvalue weighted by atomic mass is 10.2. The molecular weight excluding hydrogens is 204 g/mol. The molecule has 1 N–H and O–H groups in total. The van der Waals surface area contributed by atoms with Gasteiger partial charge in [0.1, 0.15) is 5.76 Å². The van der Waals surface area contributed by atoms with Gasteiger partial charge in [0.25, 0.3) is 0 Å². The first-order valence-electron chi connectivity index (χ1n) is 5.96.